The van der Waals surface area contributed by atoms with Crippen molar-refractivity contribution in [2.75, 3.05) is 7.05 Å². The maximum absolute atomic E-state index is 13.7. The highest BCUT2D eigenvalue weighted by molar-refractivity contribution is 7.13. The average molecular weight is 318 g/mol. The van der Waals surface area contributed by atoms with E-state index in [1.165, 1.54) is 6.07 Å². The number of nitrogens with one attached hydrogen (secondary N) is 1. The van der Waals surface area contributed by atoms with Crippen LogP contribution in [0.15, 0.2) is 46.2 Å². The van der Waals surface area contributed by atoms with Crippen molar-refractivity contribution in [3.05, 3.63) is 59.0 Å². The fraction of sp³-hybridized carbons (Fsp3) is 0.250. The summed E-state index contributed by atoms with van der Waals surface area (Å²) in [4.78, 5) is 2.05. The average Bonchev–Trinajstić information content (AvgIpc) is 3.19. The molecule has 0 saturated carbocycles. The zero-order chi connectivity index (χ0) is 15.5. The monoisotopic (exact) mass is 318 g/mol. The van der Waals surface area contributed by atoms with E-state index in [0.717, 1.165) is 9.78 Å². The number of benzene rings is 1. The zero-order valence-corrected chi connectivity index (χ0v) is 13.2. The lowest BCUT2D eigenvalue weighted by atomic mass is 10.2. The van der Waals surface area contributed by atoms with Gasteiger partial charge in [0.1, 0.15) is 12.4 Å². The minimum atomic E-state index is -0.182. The quantitative estimate of drug-likeness (QED) is 0.786. The molecule has 0 amide bonds. The summed E-state index contributed by atoms with van der Waals surface area (Å²) in [6.45, 7) is 2.56. The number of quaternary nitrogens is 1. The van der Waals surface area contributed by atoms with Crippen molar-refractivity contribution >= 4 is 11.3 Å². The summed E-state index contributed by atoms with van der Waals surface area (Å²) in [6.07, 6.45) is 0. The van der Waals surface area contributed by atoms with Crippen LogP contribution in [0.2, 0.25) is 0 Å². The SMILES string of the molecule is C[C@H](c1nnc(-c2cccs2)o1)[NH+](C)Cc1ccccc1F. The van der Waals surface area contributed by atoms with Gasteiger partial charge in [0.2, 0.25) is 0 Å². The van der Waals surface area contributed by atoms with Gasteiger partial charge in [0, 0.05) is 5.56 Å². The van der Waals surface area contributed by atoms with Crippen LogP contribution in [-0.2, 0) is 6.54 Å². The zero-order valence-electron chi connectivity index (χ0n) is 12.4. The Balaban J connectivity index is 1.73. The van der Waals surface area contributed by atoms with E-state index in [9.17, 15) is 4.39 Å². The van der Waals surface area contributed by atoms with E-state index in [4.69, 9.17) is 4.42 Å². The van der Waals surface area contributed by atoms with Crippen LogP contribution >= 0.6 is 11.3 Å². The van der Waals surface area contributed by atoms with Crippen molar-refractivity contribution in [1.29, 1.82) is 0 Å². The van der Waals surface area contributed by atoms with Crippen LogP contribution in [-0.4, -0.2) is 17.2 Å². The predicted octanol–water partition coefficient (Wildman–Crippen LogP) is 2.71. The number of thiophene rings is 1. The molecule has 114 valence electrons. The molecule has 0 aliphatic rings. The van der Waals surface area contributed by atoms with Crippen molar-refractivity contribution < 1.29 is 13.7 Å². The summed E-state index contributed by atoms with van der Waals surface area (Å²) >= 11 is 1.56. The molecule has 0 aliphatic heterocycles. The molecule has 2 heterocycles. The highest BCUT2D eigenvalue weighted by atomic mass is 32.1. The van der Waals surface area contributed by atoms with E-state index in [0.29, 0.717) is 23.9 Å². The Morgan fingerprint density at radius 1 is 1.23 bits per heavy atom. The first-order valence-electron chi connectivity index (χ1n) is 7.08. The van der Waals surface area contributed by atoms with Crippen LogP contribution in [0.1, 0.15) is 24.4 Å². The summed E-state index contributed by atoms with van der Waals surface area (Å²) in [6, 6.07) is 10.7. The molecule has 0 fully saturated rings. The summed E-state index contributed by atoms with van der Waals surface area (Å²) in [5.41, 5.74) is 0.685. The van der Waals surface area contributed by atoms with Crippen LogP contribution in [0.3, 0.4) is 0 Å². The van der Waals surface area contributed by atoms with Crippen LogP contribution in [0.5, 0.6) is 0 Å². The third kappa shape index (κ3) is 3.08. The van der Waals surface area contributed by atoms with E-state index in [1.807, 2.05) is 37.6 Å². The van der Waals surface area contributed by atoms with Gasteiger partial charge in [0.05, 0.1) is 11.9 Å². The molecule has 4 nitrogen and oxygen atoms in total. The fourth-order valence-corrected chi connectivity index (χ4v) is 2.86. The Hall–Kier alpha value is -2.05. The number of hydrogen-bond donors (Lipinski definition) is 1. The Bertz CT molecular complexity index is 741. The van der Waals surface area contributed by atoms with Crippen LogP contribution < -0.4 is 4.90 Å². The second kappa shape index (κ2) is 6.37. The molecule has 0 aliphatic carbocycles. The topological polar surface area (TPSA) is 43.4 Å². The molecule has 2 aromatic heterocycles. The van der Waals surface area contributed by atoms with E-state index in [2.05, 4.69) is 10.2 Å². The molecule has 1 unspecified atom stereocenters. The number of rotatable bonds is 5. The molecule has 0 saturated heterocycles. The van der Waals surface area contributed by atoms with Crippen LogP contribution in [0.4, 0.5) is 4.39 Å². The molecule has 3 aromatic rings. The van der Waals surface area contributed by atoms with Crippen molar-refractivity contribution in [2.24, 2.45) is 0 Å². The lowest BCUT2D eigenvalue weighted by Gasteiger charge is -2.19. The summed E-state index contributed by atoms with van der Waals surface area (Å²) in [5.74, 6) is 0.923. The van der Waals surface area contributed by atoms with E-state index in [1.54, 1.807) is 23.5 Å². The van der Waals surface area contributed by atoms with Gasteiger partial charge in [0.15, 0.2) is 6.04 Å². The fourth-order valence-electron chi connectivity index (χ4n) is 2.22. The number of hydrogen-bond acceptors (Lipinski definition) is 4. The van der Waals surface area contributed by atoms with E-state index in [-0.39, 0.29) is 11.9 Å². The van der Waals surface area contributed by atoms with Gasteiger partial charge >= 0.3 is 0 Å². The largest absolute Gasteiger partial charge is 0.414 e. The minimum absolute atomic E-state index is 0.0131. The molecular formula is C16H17FN3OS+. The maximum Gasteiger partial charge on any atom is 0.274 e. The first-order valence-corrected chi connectivity index (χ1v) is 7.96. The molecule has 6 heteroatoms. The van der Waals surface area contributed by atoms with E-state index < -0.39 is 0 Å². The van der Waals surface area contributed by atoms with Crippen LogP contribution in [0.25, 0.3) is 10.8 Å². The third-order valence-electron chi connectivity index (χ3n) is 3.71. The Labute approximate surface area is 132 Å². The molecule has 0 radical (unpaired) electrons. The first kappa shape index (κ1) is 14.9. The molecule has 1 N–H and O–H groups in total. The molecule has 2 atom stereocenters. The van der Waals surface area contributed by atoms with Gasteiger partial charge in [-0.25, -0.2) is 4.39 Å². The standard InChI is InChI=1S/C16H16FN3OS/c1-11(20(2)10-12-6-3-4-7-13(12)17)15-18-19-16(21-15)14-8-5-9-22-14/h3-9,11H,10H2,1-2H3/p+1/t11-/m1/s1. The van der Waals surface area contributed by atoms with Crippen LogP contribution in [0, 0.1) is 5.82 Å². The molecule has 22 heavy (non-hydrogen) atoms. The lowest BCUT2D eigenvalue weighted by Crippen LogP contribution is -3.07. The normalized spacial score (nSPS) is 14.0. The summed E-state index contributed by atoms with van der Waals surface area (Å²) in [7, 11) is 1.99. The Morgan fingerprint density at radius 3 is 2.77 bits per heavy atom. The van der Waals surface area contributed by atoms with E-state index >= 15 is 0 Å². The molecule has 0 spiro atoms. The number of nitrogens with zero attached hydrogens (tertiary/aromatic N) is 2. The lowest BCUT2D eigenvalue weighted by molar-refractivity contribution is -0.925. The second-order valence-corrected chi connectivity index (χ2v) is 6.21. The van der Waals surface area contributed by atoms with Gasteiger partial charge < -0.3 is 9.32 Å². The molecule has 3 rings (SSSR count). The second-order valence-electron chi connectivity index (χ2n) is 5.26. The van der Waals surface area contributed by atoms with Gasteiger partial charge in [-0.1, -0.05) is 24.3 Å². The number of halogens is 1. The molecule has 1 aromatic carbocycles. The van der Waals surface area contributed by atoms with Gasteiger partial charge in [-0.15, -0.1) is 21.5 Å². The highest BCUT2D eigenvalue weighted by Gasteiger charge is 2.23. The molecular weight excluding hydrogens is 301 g/mol. The third-order valence-corrected chi connectivity index (χ3v) is 4.57. The van der Waals surface area contributed by atoms with Gasteiger partial charge in [0.25, 0.3) is 11.8 Å². The summed E-state index contributed by atoms with van der Waals surface area (Å²) in [5, 5.41) is 10.2. The predicted molar refractivity (Wildman–Crippen MR) is 83.0 cm³/mol. The van der Waals surface area contributed by atoms with Crippen molar-refractivity contribution in [2.45, 2.75) is 19.5 Å². The van der Waals surface area contributed by atoms with Crippen molar-refractivity contribution in [3.8, 4) is 10.8 Å². The highest BCUT2D eigenvalue weighted by Crippen LogP contribution is 2.24. The van der Waals surface area contributed by atoms with Gasteiger partial charge in [-0.2, -0.15) is 0 Å². The first-order chi connectivity index (χ1) is 10.6. The van der Waals surface area contributed by atoms with Crippen molar-refractivity contribution in [3.63, 3.8) is 0 Å². The Morgan fingerprint density at radius 2 is 2.05 bits per heavy atom. The minimum Gasteiger partial charge on any atom is -0.414 e. The van der Waals surface area contributed by atoms with Gasteiger partial charge in [-0.05, 0) is 24.4 Å². The molecule has 0 bridgehead atoms. The smallest absolute Gasteiger partial charge is 0.274 e. The Kier molecular flexibility index (Phi) is 4.31. The van der Waals surface area contributed by atoms with Crippen molar-refractivity contribution in [1.82, 2.24) is 10.2 Å². The number of aromatic nitrogens is 2. The summed E-state index contributed by atoms with van der Waals surface area (Å²) < 4.78 is 19.5. The van der Waals surface area contributed by atoms with Gasteiger partial charge in [-0.3, -0.25) is 0 Å². The maximum atomic E-state index is 13.7.